The molecule has 1 atom stereocenters. The fourth-order valence-corrected chi connectivity index (χ4v) is 4.04. The van der Waals surface area contributed by atoms with E-state index in [0.29, 0.717) is 6.54 Å². The number of urea groups is 1. The van der Waals surface area contributed by atoms with E-state index in [1.807, 2.05) is 71.6 Å². The lowest BCUT2D eigenvalue weighted by Crippen LogP contribution is -2.37. The third-order valence-electron chi connectivity index (χ3n) is 5.37. The maximum atomic E-state index is 13.5. The molecular formula is C25H21N3O. The average Bonchev–Trinajstić information content (AvgIpc) is 3.19. The Morgan fingerprint density at radius 1 is 0.793 bits per heavy atom. The SMILES string of the molecule is O=C(Nc1ccccc1)N1Cc2ccccc2-n2cccc2[C@H]1c1ccccc1. The molecule has 5 rings (SSSR count). The first kappa shape index (κ1) is 17.3. The summed E-state index contributed by atoms with van der Waals surface area (Å²) in [6.45, 7) is 0.524. The van der Waals surface area contributed by atoms with Gasteiger partial charge < -0.3 is 14.8 Å². The van der Waals surface area contributed by atoms with Gasteiger partial charge in [-0.25, -0.2) is 4.79 Å². The normalized spacial score (nSPS) is 15.2. The summed E-state index contributed by atoms with van der Waals surface area (Å²) in [4.78, 5) is 15.4. The fourth-order valence-electron chi connectivity index (χ4n) is 4.04. The van der Waals surface area contributed by atoms with Crippen LogP contribution < -0.4 is 5.32 Å². The summed E-state index contributed by atoms with van der Waals surface area (Å²) < 4.78 is 2.20. The van der Waals surface area contributed by atoms with E-state index in [-0.39, 0.29) is 12.1 Å². The highest BCUT2D eigenvalue weighted by atomic mass is 16.2. The quantitative estimate of drug-likeness (QED) is 0.483. The molecule has 0 radical (unpaired) electrons. The van der Waals surface area contributed by atoms with Crippen LogP contribution in [0.3, 0.4) is 0 Å². The minimum absolute atomic E-state index is 0.116. The van der Waals surface area contributed by atoms with Gasteiger partial charge in [-0.1, -0.05) is 66.7 Å². The van der Waals surface area contributed by atoms with Crippen molar-refractivity contribution in [2.75, 3.05) is 5.32 Å². The highest BCUT2D eigenvalue weighted by molar-refractivity contribution is 5.90. The molecule has 4 aromatic rings. The summed E-state index contributed by atoms with van der Waals surface area (Å²) in [6.07, 6.45) is 2.07. The topological polar surface area (TPSA) is 37.3 Å². The predicted molar refractivity (Wildman–Crippen MR) is 115 cm³/mol. The van der Waals surface area contributed by atoms with Crippen LogP contribution in [0.4, 0.5) is 10.5 Å². The monoisotopic (exact) mass is 379 g/mol. The third kappa shape index (κ3) is 3.19. The largest absolute Gasteiger partial charge is 0.322 e. The van der Waals surface area contributed by atoms with Gasteiger partial charge in [-0.2, -0.15) is 0 Å². The molecule has 0 unspecified atom stereocenters. The van der Waals surface area contributed by atoms with E-state index in [1.54, 1.807) is 0 Å². The number of hydrogen-bond donors (Lipinski definition) is 1. The van der Waals surface area contributed by atoms with Crippen LogP contribution in [0.2, 0.25) is 0 Å². The molecule has 0 fully saturated rings. The van der Waals surface area contributed by atoms with Gasteiger partial charge in [0.05, 0.1) is 18.3 Å². The van der Waals surface area contributed by atoms with Crippen LogP contribution in [-0.4, -0.2) is 15.5 Å². The van der Waals surface area contributed by atoms with E-state index >= 15 is 0 Å². The molecule has 2 amide bonds. The van der Waals surface area contributed by atoms with Crippen LogP contribution in [0.15, 0.2) is 103 Å². The zero-order chi connectivity index (χ0) is 19.6. The Kier molecular flexibility index (Phi) is 4.37. The molecular weight excluding hydrogens is 358 g/mol. The minimum atomic E-state index is -0.192. The molecule has 142 valence electrons. The van der Waals surface area contributed by atoms with E-state index in [1.165, 1.54) is 0 Å². The molecule has 1 aromatic heterocycles. The summed E-state index contributed by atoms with van der Waals surface area (Å²) in [5.41, 5.74) is 5.18. The average molecular weight is 379 g/mol. The van der Waals surface area contributed by atoms with E-state index in [0.717, 1.165) is 28.2 Å². The Labute approximate surface area is 170 Å². The maximum Gasteiger partial charge on any atom is 0.322 e. The number of benzene rings is 3. The van der Waals surface area contributed by atoms with Crippen LogP contribution in [0, 0.1) is 0 Å². The number of para-hydroxylation sites is 2. The zero-order valence-corrected chi connectivity index (χ0v) is 15.9. The number of carbonyl (C=O) groups is 1. The summed E-state index contributed by atoms with van der Waals surface area (Å²) >= 11 is 0. The number of rotatable bonds is 2. The first-order chi connectivity index (χ1) is 14.3. The van der Waals surface area contributed by atoms with Crippen molar-refractivity contribution in [3.63, 3.8) is 0 Å². The molecule has 0 bridgehead atoms. The molecule has 0 saturated carbocycles. The first-order valence-corrected chi connectivity index (χ1v) is 9.74. The van der Waals surface area contributed by atoms with Crippen molar-refractivity contribution in [1.29, 1.82) is 0 Å². The molecule has 29 heavy (non-hydrogen) atoms. The van der Waals surface area contributed by atoms with E-state index in [4.69, 9.17) is 0 Å². The number of amides is 2. The number of nitrogens with zero attached hydrogens (tertiary/aromatic N) is 2. The molecule has 1 aliphatic rings. The summed E-state index contributed by atoms with van der Waals surface area (Å²) in [6, 6.07) is 31.9. The van der Waals surface area contributed by atoms with Crippen molar-refractivity contribution in [3.05, 3.63) is 120 Å². The molecule has 0 saturated heterocycles. The molecule has 1 aliphatic heterocycles. The summed E-state index contributed by atoms with van der Waals surface area (Å²) in [5, 5.41) is 3.07. The van der Waals surface area contributed by atoms with Crippen molar-refractivity contribution >= 4 is 11.7 Å². The lowest BCUT2D eigenvalue weighted by molar-refractivity contribution is 0.194. The van der Waals surface area contributed by atoms with Gasteiger partial charge in [0, 0.05) is 17.6 Å². The molecule has 3 aromatic carbocycles. The Morgan fingerprint density at radius 3 is 2.28 bits per heavy atom. The molecule has 0 spiro atoms. The zero-order valence-electron chi connectivity index (χ0n) is 15.9. The standard InChI is InChI=1S/C25H21N3O/c29-25(26-21-13-5-2-6-14-21)28-18-20-12-7-8-15-22(20)27-17-9-16-23(27)24(28)19-10-3-1-4-11-19/h1-17,24H,18H2,(H,26,29)/t24-/m1/s1. The van der Waals surface area contributed by atoms with Gasteiger partial charge >= 0.3 is 6.03 Å². The number of carbonyl (C=O) groups excluding carboxylic acids is 1. The second kappa shape index (κ2) is 7.32. The van der Waals surface area contributed by atoms with Gasteiger partial charge in [-0.15, -0.1) is 0 Å². The van der Waals surface area contributed by atoms with Crippen LogP contribution in [-0.2, 0) is 6.54 Å². The Bertz CT molecular complexity index is 1130. The molecule has 1 N–H and O–H groups in total. The minimum Gasteiger partial charge on any atom is -0.318 e. The Hall–Kier alpha value is -3.79. The second-order valence-electron chi connectivity index (χ2n) is 7.17. The molecule has 4 heteroatoms. The van der Waals surface area contributed by atoms with Gasteiger partial charge in [0.2, 0.25) is 0 Å². The first-order valence-electron chi connectivity index (χ1n) is 9.74. The smallest absolute Gasteiger partial charge is 0.318 e. The number of hydrogen-bond acceptors (Lipinski definition) is 1. The summed E-state index contributed by atoms with van der Waals surface area (Å²) in [5.74, 6) is 0. The number of anilines is 1. The Morgan fingerprint density at radius 2 is 1.48 bits per heavy atom. The number of aromatic nitrogens is 1. The molecule has 2 heterocycles. The third-order valence-corrected chi connectivity index (χ3v) is 5.37. The molecule has 0 aliphatic carbocycles. The van der Waals surface area contributed by atoms with Gasteiger partial charge in [-0.3, -0.25) is 0 Å². The summed E-state index contributed by atoms with van der Waals surface area (Å²) in [7, 11) is 0. The lowest BCUT2D eigenvalue weighted by Gasteiger charge is -2.31. The van der Waals surface area contributed by atoms with Gasteiger partial charge in [0.1, 0.15) is 0 Å². The Balaban J connectivity index is 1.64. The van der Waals surface area contributed by atoms with Gasteiger partial charge in [0.15, 0.2) is 0 Å². The maximum absolute atomic E-state index is 13.5. The number of nitrogens with one attached hydrogen (secondary N) is 1. The van der Waals surface area contributed by atoms with Crippen LogP contribution in [0.5, 0.6) is 0 Å². The van der Waals surface area contributed by atoms with Crippen LogP contribution >= 0.6 is 0 Å². The van der Waals surface area contributed by atoms with Gasteiger partial charge in [-0.05, 0) is 41.5 Å². The number of fused-ring (bicyclic) bond motifs is 3. The van der Waals surface area contributed by atoms with Crippen molar-refractivity contribution in [3.8, 4) is 5.69 Å². The predicted octanol–water partition coefficient (Wildman–Crippen LogP) is 5.61. The second-order valence-corrected chi connectivity index (χ2v) is 7.17. The van der Waals surface area contributed by atoms with Crippen molar-refractivity contribution in [1.82, 2.24) is 9.47 Å². The molecule has 4 nitrogen and oxygen atoms in total. The van der Waals surface area contributed by atoms with E-state index < -0.39 is 0 Å². The highest BCUT2D eigenvalue weighted by Gasteiger charge is 2.32. The van der Waals surface area contributed by atoms with E-state index in [9.17, 15) is 4.79 Å². The fraction of sp³-hybridized carbons (Fsp3) is 0.0800. The van der Waals surface area contributed by atoms with Crippen molar-refractivity contribution in [2.45, 2.75) is 12.6 Å². The highest BCUT2D eigenvalue weighted by Crippen LogP contribution is 2.36. The van der Waals surface area contributed by atoms with E-state index in [2.05, 4.69) is 46.4 Å². The van der Waals surface area contributed by atoms with Crippen LogP contribution in [0.25, 0.3) is 5.69 Å². The lowest BCUT2D eigenvalue weighted by atomic mass is 10.0. The van der Waals surface area contributed by atoms with Crippen molar-refractivity contribution in [2.24, 2.45) is 0 Å². The van der Waals surface area contributed by atoms with Crippen LogP contribution in [0.1, 0.15) is 22.9 Å². The van der Waals surface area contributed by atoms with Gasteiger partial charge in [0.25, 0.3) is 0 Å². The van der Waals surface area contributed by atoms with Crippen molar-refractivity contribution < 1.29 is 4.79 Å².